The summed E-state index contributed by atoms with van der Waals surface area (Å²) in [7, 11) is 0. The van der Waals surface area contributed by atoms with E-state index in [4.69, 9.17) is 5.26 Å². The SMILES string of the molecule is CCCCS[C@@H](C)C(=O)Nc1ccc(C#N)cn1. The topological polar surface area (TPSA) is 65.8 Å². The number of hydrogen-bond donors (Lipinski definition) is 1. The van der Waals surface area contributed by atoms with Crippen molar-refractivity contribution in [1.29, 1.82) is 5.26 Å². The van der Waals surface area contributed by atoms with Gasteiger partial charge in [-0.15, -0.1) is 11.8 Å². The van der Waals surface area contributed by atoms with Gasteiger partial charge in [-0.05, 0) is 31.2 Å². The van der Waals surface area contributed by atoms with Crippen LogP contribution in [0, 0.1) is 11.3 Å². The molecule has 0 aliphatic rings. The van der Waals surface area contributed by atoms with E-state index in [2.05, 4.69) is 17.2 Å². The van der Waals surface area contributed by atoms with E-state index in [1.165, 1.54) is 6.20 Å². The number of aromatic nitrogens is 1. The number of rotatable bonds is 6. The molecule has 5 heteroatoms. The summed E-state index contributed by atoms with van der Waals surface area (Å²) in [6, 6.07) is 5.26. The van der Waals surface area contributed by atoms with Crippen LogP contribution in [-0.4, -0.2) is 21.9 Å². The molecule has 1 heterocycles. The molecular formula is C13H17N3OS. The first-order chi connectivity index (χ1) is 8.67. The quantitative estimate of drug-likeness (QED) is 0.801. The molecule has 0 spiro atoms. The average molecular weight is 263 g/mol. The van der Waals surface area contributed by atoms with Gasteiger partial charge >= 0.3 is 0 Å². The molecular weight excluding hydrogens is 246 g/mol. The summed E-state index contributed by atoms with van der Waals surface area (Å²) in [5, 5.41) is 11.3. The molecule has 0 unspecified atom stereocenters. The van der Waals surface area contributed by atoms with Crippen LogP contribution >= 0.6 is 11.8 Å². The van der Waals surface area contributed by atoms with Gasteiger partial charge in [0.15, 0.2) is 0 Å². The molecule has 0 saturated heterocycles. The van der Waals surface area contributed by atoms with Crippen molar-refractivity contribution < 1.29 is 4.79 Å². The smallest absolute Gasteiger partial charge is 0.238 e. The monoisotopic (exact) mass is 263 g/mol. The van der Waals surface area contributed by atoms with Gasteiger partial charge in [0.05, 0.1) is 10.8 Å². The number of carbonyl (C=O) groups excluding carboxylic acids is 1. The molecule has 1 aromatic heterocycles. The van der Waals surface area contributed by atoms with E-state index < -0.39 is 0 Å². The number of pyridine rings is 1. The normalized spacial score (nSPS) is 11.6. The number of nitrogens with one attached hydrogen (secondary N) is 1. The minimum Gasteiger partial charge on any atom is -0.310 e. The Hall–Kier alpha value is -1.54. The summed E-state index contributed by atoms with van der Waals surface area (Å²) in [6.07, 6.45) is 3.71. The van der Waals surface area contributed by atoms with E-state index in [0.717, 1.165) is 18.6 Å². The van der Waals surface area contributed by atoms with Crippen LogP contribution in [0.5, 0.6) is 0 Å². The number of unbranched alkanes of at least 4 members (excludes halogenated alkanes) is 1. The molecule has 0 radical (unpaired) electrons. The minimum absolute atomic E-state index is 0.0479. The van der Waals surface area contributed by atoms with Crippen LogP contribution in [0.25, 0.3) is 0 Å². The van der Waals surface area contributed by atoms with E-state index in [1.807, 2.05) is 13.0 Å². The van der Waals surface area contributed by atoms with Crippen LogP contribution in [0.4, 0.5) is 5.82 Å². The van der Waals surface area contributed by atoms with Crippen LogP contribution in [-0.2, 0) is 4.79 Å². The molecule has 1 atom stereocenters. The molecule has 0 saturated carbocycles. The molecule has 18 heavy (non-hydrogen) atoms. The van der Waals surface area contributed by atoms with Crippen molar-refractivity contribution in [2.45, 2.75) is 31.9 Å². The van der Waals surface area contributed by atoms with Gasteiger partial charge in [-0.1, -0.05) is 13.3 Å². The summed E-state index contributed by atoms with van der Waals surface area (Å²) in [4.78, 5) is 15.8. The first-order valence-electron chi connectivity index (χ1n) is 5.96. The van der Waals surface area contributed by atoms with Crippen LogP contribution < -0.4 is 5.32 Å². The van der Waals surface area contributed by atoms with E-state index >= 15 is 0 Å². The molecule has 96 valence electrons. The summed E-state index contributed by atoms with van der Waals surface area (Å²) >= 11 is 1.64. The summed E-state index contributed by atoms with van der Waals surface area (Å²) in [5.41, 5.74) is 0.485. The van der Waals surface area contributed by atoms with Gasteiger partial charge in [0.2, 0.25) is 5.91 Å². The third-order valence-corrected chi connectivity index (χ3v) is 3.62. The minimum atomic E-state index is -0.0889. The average Bonchev–Trinajstić information content (AvgIpc) is 2.39. The van der Waals surface area contributed by atoms with Gasteiger partial charge in [-0.25, -0.2) is 4.98 Å². The Balaban J connectivity index is 2.45. The Kier molecular flexibility index (Phi) is 6.23. The second kappa shape index (κ2) is 7.72. The number of carbonyl (C=O) groups is 1. The molecule has 0 bridgehead atoms. The van der Waals surface area contributed by atoms with E-state index in [-0.39, 0.29) is 11.2 Å². The highest BCUT2D eigenvalue weighted by molar-refractivity contribution is 8.00. The molecule has 1 amide bonds. The van der Waals surface area contributed by atoms with Crippen LogP contribution in [0.15, 0.2) is 18.3 Å². The van der Waals surface area contributed by atoms with Crippen molar-refractivity contribution in [2.75, 3.05) is 11.1 Å². The first-order valence-corrected chi connectivity index (χ1v) is 7.01. The highest BCUT2D eigenvalue weighted by Gasteiger charge is 2.13. The number of anilines is 1. The van der Waals surface area contributed by atoms with E-state index in [1.54, 1.807) is 23.9 Å². The fourth-order valence-electron chi connectivity index (χ4n) is 1.24. The Morgan fingerprint density at radius 1 is 1.61 bits per heavy atom. The Morgan fingerprint density at radius 2 is 2.39 bits per heavy atom. The van der Waals surface area contributed by atoms with Crippen molar-refractivity contribution in [3.63, 3.8) is 0 Å². The summed E-state index contributed by atoms with van der Waals surface area (Å²) < 4.78 is 0. The highest BCUT2D eigenvalue weighted by atomic mass is 32.2. The van der Waals surface area contributed by atoms with Crippen molar-refractivity contribution in [3.8, 4) is 6.07 Å². The lowest BCUT2D eigenvalue weighted by atomic mass is 10.3. The largest absolute Gasteiger partial charge is 0.310 e. The number of thioether (sulfide) groups is 1. The number of amides is 1. The maximum absolute atomic E-state index is 11.8. The summed E-state index contributed by atoms with van der Waals surface area (Å²) in [6.45, 7) is 4.02. The predicted octanol–water partition coefficient (Wildman–Crippen LogP) is 2.81. The van der Waals surface area contributed by atoms with Gasteiger partial charge < -0.3 is 5.32 Å². The third kappa shape index (κ3) is 4.76. The zero-order chi connectivity index (χ0) is 13.4. The fraction of sp³-hybridized carbons (Fsp3) is 0.462. The molecule has 0 aromatic carbocycles. The Labute approximate surface area is 112 Å². The fourth-order valence-corrected chi connectivity index (χ4v) is 2.26. The molecule has 4 nitrogen and oxygen atoms in total. The maximum atomic E-state index is 11.8. The zero-order valence-corrected chi connectivity index (χ0v) is 11.5. The van der Waals surface area contributed by atoms with Crippen LogP contribution in [0.2, 0.25) is 0 Å². The molecule has 1 aromatic rings. The van der Waals surface area contributed by atoms with Gasteiger partial charge in [0, 0.05) is 6.20 Å². The van der Waals surface area contributed by atoms with E-state index in [9.17, 15) is 4.79 Å². The predicted molar refractivity (Wildman–Crippen MR) is 74.4 cm³/mol. The first kappa shape index (κ1) is 14.5. The van der Waals surface area contributed by atoms with Gasteiger partial charge in [0.25, 0.3) is 0 Å². The zero-order valence-electron chi connectivity index (χ0n) is 10.6. The van der Waals surface area contributed by atoms with Crippen molar-refractivity contribution in [3.05, 3.63) is 23.9 Å². The second-order valence-corrected chi connectivity index (χ2v) is 5.35. The second-order valence-electron chi connectivity index (χ2n) is 3.90. The molecule has 0 aliphatic carbocycles. The van der Waals surface area contributed by atoms with Crippen molar-refractivity contribution in [1.82, 2.24) is 4.98 Å². The third-order valence-electron chi connectivity index (χ3n) is 2.38. The Bertz CT molecular complexity index is 425. The molecule has 1 rings (SSSR count). The number of nitrogens with zero attached hydrogens (tertiary/aromatic N) is 2. The molecule has 0 aliphatic heterocycles. The lowest BCUT2D eigenvalue weighted by molar-refractivity contribution is -0.115. The number of nitriles is 1. The van der Waals surface area contributed by atoms with Gasteiger partial charge in [0.1, 0.15) is 11.9 Å². The molecule has 0 fully saturated rings. The van der Waals surface area contributed by atoms with Crippen LogP contribution in [0.3, 0.4) is 0 Å². The van der Waals surface area contributed by atoms with Gasteiger partial charge in [-0.3, -0.25) is 4.79 Å². The van der Waals surface area contributed by atoms with Crippen LogP contribution in [0.1, 0.15) is 32.3 Å². The summed E-state index contributed by atoms with van der Waals surface area (Å²) in [5.74, 6) is 1.43. The lowest BCUT2D eigenvalue weighted by Gasteiger charge is -2.11. The van der Waals surface area contributed by atoms with Gasteiger partial charge in [-0.2, -0.15) is 5.26 Å². The Morgan fingerprint density at radius 3 is 2.94 bits per heavy atom. The highest BCUT2D eigenvalue weighted by Crippen LogP contribution is 2.14. The molecule has 1 N–H and O–H groups in total. The maximum Gasteiger partial charge on any atom is 0.238 e. The van der Waals surface area contributed by atoms with Crippen molar-refractivity contribution >= 4 is 23.5 Å². The number of hydrogen-bond acceptors (Lipinski definition) is 4. The lowest BCUT2D eigenvalue weighted by Crippen LogP contribution is -2.23. The van der Waals surface area contributed by atoms with Crippen molar-refractivity contribution in [2.24, 2.45) is 0 Å². The van der Waals surface area contributed by atoms with E-state index in [0.29, 0.717) is 11.4 Å². The standard InChI is InChI=1S/C13H17N3OS/c1-3-4-7-18-10(2)13(17)16-12-6-5-11(8-14)9-15-12/h5-6,9-10H,3-4,7H2,1-2H3,(H,15,16,17)/t10-/m0/s1.